The maximum absolute atomic E-state index is 13.3. The fourth-order valence-electron chi connectivity index (χ4n) is 3.06. The topological polar surface area (TPSA) is 74.8 Å². The Balaban J connectivity index is 2.17. The Hall–Kier alpha value is -2.72. The highest BCUT2D eigenvalue weighted by molar-refractivity contribution is 7.13. The highest BCUT2D eigenvalue weighted by atomic mass is 32.1. The van der Waals surface area contributed by atoms with Gasteiger partial charge in [0.15, 0.2) is 5.65 Å². The van der Waals surface area contributed by atoms with Crippen LogP contribution in [0.25, 0.3) is 21.6 Å². The van der Waals surface area contributed by atoms with Gasteiger partial charge in [0.1, 0.15) is 0 Å². The van der Waals surface area contributed by atoms with E-state index in [-0.39, 0.29) is 11.8 Å². The molecule has 1 atom stereocenters. The molecule has 3 aromatic heterocycles. The zero-order chi connectivity index (χ0) is 18.8. The summed E-state index contributed by atoms with van der Waals surface area (Å²) >= 11 is 1.59. The third kappa shape index (κ3) is 3.20. The average Bonchev–Trinajstić information content (AvgIpc) is 3.27. The second kappa shape index (κ2) is 7.26. The minimum absolute atomic E-state index is 0.0871. The van der Waals surface area contributed by atoms with E-state index < -0.39 is 0 Å². The summed E-state index contributed by atoms with van der Waals surface area (Å²) in [6.07, 6.45) is 0. The third-order valence-electron chi connectivity index (χ3n) is 4.36. The number of fused-ring (bicyclic) bond motifs is 1. The maximum Gasteiger partial charge on any atom is 0.254 e. The van der Waals surface area contributed by atoms with Gasteiger partial charge in [0, 0.05) is 20.1 Å². The summed E-state index contributed by atoms with van der Waals surface area (Å²) in [6, 6.07) is 8.01. The number of carbonyl (C=O) groups is 1. The van der Waals surface area contributed by atoms with Crippen molar-refractivity contribution in [2.75, 3.05) is 13.1 Å². The Morgan fingerprint density at radius 3 is 2.88 bits per heavy atom. The molecule has 0 aliphatic heterocycles. The minimum atomic E-state index is -0.219. The first kappa shape index (κ1) is 18.1. The normalized spacial score (nSPS) is 12.1. The van der Waals surface area contributed by atoms with Gasteiger partial charge in [-0.05, 0) is 38.3 Å². The van der Waals surface area contributed by atoms with Gasteiger partial charge in [-0.1, -0.05) is 6.07 Å². The van der Waals surface area contributed by atoms with Crippen LogP contribution in [0.5, 0.6) is 0 Å². The van der Waals surface area contributed by atoms with E-state index in [1.54, 1.807) is 20.9 Å². The lowest BCUT2D eigenvalue weighted by Crippen LogP contribution is -2.34. The summed E-state index contributed by atoms with van der Waals surface area (Å²) in [5.41, 5.74) is 2.83. The fourth-order valence-corrected chi connectivity index (χ4v) is 3.75. The molecule has 0 aromatic carbocycles. The second-order valence-corrected chi connectivity index (χ2v) is 7.26. The number of nitrogens with zero attached hydrogens (tertiary/aromatic N) is 5. The average molecular weight is 367 g/mol. The molecule has 0 aliphatic rings. The van der Waals surface area contributed by atoms with Gasteiger partial charge >= 0.3 is 0 Å². The van der Waals surface area contributed by atoms with Crippen molar-refractivity contribution in [2.24, 2.45) is 13.0 Å². The standard InChI is InChI=1S/C19H21N5OS/c1-5-24(11-12(2)10-20)19(25)14-9-15(16-7-6-8-26-16)21-18-17(14)13(3)22-23(18)4/h6-9,12H,5,11H2,1-4H3. The molecule has 0 radical (unpaired) electrons. The van der Waals surface area contributed by atoms with Crippen molar-refractivity contribution < 1.29 is 4.79 Å². The van der Waals surface area contributed by atoms with Crippen LogP contribution in [0.15, 0.2) is 23.6 Å². The molecule has 0 bridgehead atoms. The quantitative estimate of drug-likeness (QED) is 0.690. The summed E-state index contributed by atoms with van der Waals surface area (Å²) in [7, 11) is 1.84. The van der Waals surface area contributed by atoms with Gasteiger partial charge < -0.3 is 4.90 Å². The van der Waals surface area contributed by atoms with Crippen LogP contribution in [0.1, 0.15) is 29.9 Å². The minimum Gasteiger partial charge on any atom is -0.338 e. The Kier molecular flexibility index (Phi) is 5.05. The smallest absolute Gasteiger partial charge is 0.254 e. The van der Waals surface area contributed by atoms with E-state index in [0.717, 1.165) is 21.7 Å². The van der Waals surface area contributed by atoms with Gasteiger partial charge in [-0.25, -0.2) is 4.98 Å². The van der Waals surface area contributed by atoms with Crippen molar-refractivity contribution in [1.82, 2.24) is 19.7 Å². The lowest BCUT2D eigenvalue weighted by atomic mass is 10.1. The summed E-state index contributed by atoms with van der Waals surface area (Å²) in [4.78, 5) is 20.7. The van der Waals surface area contributed by atoms with Gasteiger partial charge in [-0.15, -0.1) is 11.3 Å². The summed E-state index contributed by atoms with van der Waals surface area (Å²) in [5.74, 6) is -0.307. The number of carbonyl (C=O) groups excluding carboxylic acids is 1. The molecule has 3 heterocycles. The molecule has 0 spiro atoms. The molecular weight excluding hydrogens is 346 g/mol. The molecule has 3 aromatic rings. The lowest BCUT2D eigenvalue weighted by molar-refractivity contribution is 0.0754. The van der Waals surface area contributed by atoms with Gasteiger partial charge in [0.2, 0.25) is 0 Å². The highest BCUT2D eigenvalue weighted by Crippen LogP contribution is 2.30. The Morgan fingerprint density at radius 1 is 1.50 bits per heavy atom. The molecular formula is C19H21N5OS. The molecule has 1 unspecified atom stereocenters. The van der Waals surface area contributed by atoms with E-state index in [1.807, 2.05) is 51.4 Å². The summed E-state index contributed by atoms with van der Waals surface area (Å²) < 4.78 is 1.72. The van der Waals surface area contributed by atoms with Crippen molar-refractivity contribution in [1.29, 1.82) is 5.26 Å². The largest absolute Gasteiger partial charge is 0.338 e. The van der Waals surface area contributed by atoms with Crippen LogP contribution in [-0.4, -0.2) is 38.7 Å². The molecule has 134 valence electrons. The molecule has 1 amide bonds. The van der Waals surface area contributed by atoms with Gasteiger partial charge in [-0.3, -0.25) is 9.48 Å². The predicted molar refractivity (Wildman–Crippen MR) is 103 cm³/mol. The number of aromatic nitrogens is 3. The highest BCUT2D eigenvalue weighted by Gasteiger charge is 2.23. The van der Waals surface area contributed by atoms with Crippen molar-refractivity contribution in [3.8, 4) is 16.6 Å². The van der Waals surface area contributed by atoms with E-state index in [2.05, 4.69) is 11.2 Å². The number of amides is 1. The van der Waals surface area contributed by atoms with Gasteiger partial charge in [-0.2, -0.15) is 10.4 Å². The number of rotatable bonds is 5. The molecule has 26 heavy (non-hydrogen) atoms. The van der Waals surface area contributed by atoms with E-state index in [9.17, 15) is 4.79 Å². The molecule has 0 fully saturated rings. The first-order valence-electron chi connectivity index (χ1n) is 8.53. The first-order chi connectivity index (χ1) is 12.5. The summed E-state index contributed by atoms with van der Waals surface area (Å²) in [6.45, 7) is 6.59. The third-order valence-corrected chi connectivity index (χ3v) is 5.25. The van der Waals surface area contributed by atoms with Crippen molar-refractivity contribution >= 4 is 28.3 Å². The van der Waals surface area contributed by atoms with Crippen LogP contribution < -0.4 is 0 Å². The van der Waals surface area contributed by atoms with Crippen LogP contribution in [0, 0.1) is 24.2 Å². The van der Waals surface area contributed by atoms with Crippen molar-refractivity contribution in [3.05, 3.63) is 34.8 Å². The number of hydrogen-bond donors (Lipinski definition) is 0. The Labute approximate surface area is 156 Å². The van der Waals surface area contributed by atoms with Gasteiger partial charge in [0.05, 0.1) is 39.2 Å². The number of nitriles is 1. The lowest BCUT2D eigenvalue weighted by Gasteiger charge is -2.22. The van der Waals surface area contributed by atoms with Crippen molar-refractivity contribution in [2.45, 2.75) is 20.8 Å². The van der Waals surface area contributed by atoms with E-state index >= 15 is 0 Å². The van der Waals surface area contributed by atoms with E-state index in [0.29, 0.717) is 24.3 Å². The number of hydrogen-bond acceptors (Lipinski definition) is 5. The van der Waals surface area contributed by atoms with E-state index in [4.69, 9.17) is 10.2 Å². The van der Waals surface area contributed by atoms with Crippen molar-refractivity contribution in [3.63, 3.8) is 0 Å². The van der Waals surface area contributed by atoms with Gasteiger partial charge in [0.25, 0.3) is 5.91 Å². The maximum atomic E-state index is 13.3. The molecule has 7 heteroatoms. The fraction of sp³-hybridized carbons (Fsp3) is 0.368. The molecule has 6 nitrogen and oxygen atoms in total. The Bertz CT molecular complexity index is 984. The zero-order valence-corrected chi connectivity index (χ0v) is 16.2. The SMILES string of the molecule is CCN(CC(C)C#N)C(=O)c1cc(-c2cccs2)nc2c1c(C)nn2C. The monoisotopic (exact) mass is 367 g/mol. The molecule has 0 N–H and O–H groups in total. The van der Waals surface area contributed by atoms with Crippen LogP contribution in [0.4, 0.5) is 0 Å². The molecule has 0 saturated heterocycles. The second-order valence-electron chi connectivity index (χ2n) is 6.31. The molecule has 0 saturated carbocycles. The van der Waals surface area contributed by atoms with Crippen LogP contribution in [0.2, 0.25) is 0 Å². The summed E-state index contributed by atoms with van der Waals surface area (Å²) in [5, 5.41) is 16.3. The molecule has 3 rings (SSSR count). The number of pyridine rings is 1. The van der Waals surface area contributed by atoms with Crippen LogP contribution >= 0.6 is 11.3 Å². The van der Waals surface area contributed by atoms with Crippen LogP contribution in [0.3, 0.4) is 0 Å². The number of thiophene rings is 1. The zero-order valence-electron chi connectivity index (χ0n) is 15.4. The molecule has 0 aliphatic carbocycles. The van der Waals surface area contributed by atoms with E-state index in [1.165, 1.54) is 0 Å². The first-order valence-corrected chi connectivity index (χ1v) is 9.41. The van der Waals surface area contributed by atoms with Crippen LogP contribution in [-0.2, 0) is 7.05 Å². The predicted octanol–water partition coefficient (Wildman–Crippen LogP) is 3.63. The Morgan fingerprint density at radius 2 is 2.27 bits per heavy atom. The number of aryl methyl sites for hydroxylation is 2.